The van der Waals surface area contributed by atoms with Gasteiger partial charge in [0.05, 0.1) is 0 Å². The van der Waals surface area contributed by atoms with E-state index in [-0.39, 0.29) is 0 Å². The predicted molar refractivity (Wildman–Crippen MR) is 79.4 cm³/mol. The van der Waals surface area contributed by atoms with Crippen LogP contribution in [0.15, 0.2) is 12.3 Å². The van der Waals surface area contributed by atoms with Crippen LogP contribution in [0.5, 0.6) is 0 Å². The fourth-order valence-corrected chi connectivity index (χ4v) is 3.05. The SMILES string of the molecule is CCCNc1nccc(NC2CCC(SC)C2)n1. The van der Waals surface area contributed by atoms with E-state index >= 15 is 0 Å². The Balaban J connectivity index is 1.89. The minimum absolute atomic E-state index is 0.566. The lowest BCUT2D eigenvalue weighted by atomic mass is 10.2. The van der Waals surface area contributed by atoms with Gasteiger partial charge in [0.2, 0.25) is 5.95 Å². The number of anilines is 2. The van der Waals surface area contributed by atoms with Gasteiger partial charge in [0.25, 0.3) is 0 Å². The zero-order valence-corrected chi connectivity index (χ0v) is 12.0. The number of hydrogen-bond donors (Lipinski definition) is 2. The van der Waals surface area contributed by atoms with Crippen molar-refractivity contribution in [3.05, 3.63) is 12.3 Å². The van der Waals surface area contributed by atoms with Gasteiger partial charge in [0, 0.05) is 24.0 Å². The average Bonchev–Trinajstić information content (AvgIpc) is 2.84. The molecular weight excluding hydrogens is 244 g/mol. The summed E-state index contributed by atoms with van der Waals surface area (Å²) in [6, 6.07) is 2.51. The van der Waals surface area contributed by atoms with E-state index in [1.54, 1.807) is 0 Å². The minimum atomic E-state index is 0.566. The van der Waals surface area contributed by atoms with E-state index in [0.29, 0.717) is 6.04 Å². The molecule has 0 amide bonds. The van der Waals surface area contributed by atoms with Crippen LogP contribution in [0.4, 0.5) is 11.8 Å². The third-order valence-corrected chi connectivity index (χ3v) is 4.35. The van der Waals surface area contributed by atoms with Gasteiger partial charge in [-0.05, 0) is 38.0 Å². The van der Waals surface area contributed by atoms with Crippen molar-refractivity contribution in [2.45, 2.75) is 43.9 Å². The summed E-state index contributed by atoms with van der Waals surface area (Å²) in [5.41, 5.74) is 0. The van der Waals surface area contributed by atoms with Crippen LogP contribution < -0.4 is 10.6 Å². The number of rotatable bonds is 6. The summed E-state index contributed by atoms with van der Waals surface area (Å²) in [4.78, 5) is 8.70. The normalized spacial score (nSPS) is 23.0. The van der Waals surface area contributed by atoms with Crippen LogP contribution in [0.25, 0.3) is 0 Å². The molecule has 1 fully saturated rings. The summed E-state index contributed by atoms with van der Waals surface area (Å²) in [6.45, 7) is 3.05. The molecule has 2 unspecified atom stereocenters. The Morgan fingerprint density at radius 2 is 2.33 bits per heavy atom. The molecule has 2 N–H and O–H groups in total. The van der Waals surface area contributed by atoms with Crippen LogP contribution in [-0.2, 0) is 0 Å². The first-order chi connectivity index (χ1) is 8.81. The Morgan fingerprint density at radius 1 is 1.44 bits per heavy atom. The van der Waals surface area contributed by atoms with E-state index in [2.05, 4.69) is 33.8 Å². The summed E-state index contributed by atoms with van der Waals surface area (Å²) in [5.74, 6) is 1.66. The Kier molecular flexibility index (Phi) is 5.11. The zero-order chi connectivity index (χ0) is 12.8. The molecule has 1 heterocycles. The lowest BCUT2D eigenvalue weighted by Gasteiger charge is -2.14. The first-order valence-electron chi connectivity index (χ1n) is 6.68. The Bertz CT molecular complexity index is 372. The molecule has 100 valence electrons. The quantitative estimate of drug-likeness (QED) is 0.829. The monoisotopic (exact) mass is 266 g/mol. The molecule has 0 bridgehead atoms. The summed E-state index contributed by atoms with van der Waals surface area (Å²) in [6.07, 6.45) is 8.89. The molecule has 1 aromatic heterocycles. The molecule has 0 radical (unpaired) electrons. The molecule has 1 aliphatic rings. The van der Waals surface area contributed by atoms with E-state index < -0.39 is 0 Å². The second-order valence-electron chi connectivity index (χ2n) is 4.70. The van der Waals surface area contributed by atoms with Crippen LogP contribution in [0.2, 0.25) is 0 Å². The van der Waals surface area contributed by atoms with Crippen molar-refractivity contribution in [2.24, 2.45) is 0 Å². The number of thioether (sulfide) groups is 1. The second-order valence-corrected chi connectivity index (χ2v) is 5.84. The van der Waals surface area contributed by atoms with Crippen LogP contribution >= 0.6 is 11.8 Å². The van der Waals surface area contributed by atoms with Crippen molar-refractivity contribution >= 4 is 23.5 Å². The summed E-state index contributed by atoms with van der Waals surface area (Å²) >= 11 is 1.98. The van der Waals surface area contributed by atoms with Crippen LogP contribution in [0.3, 0.4) is 0 Å². The molecule has 2 atom stereocenters. The highest BCUT2D eigenvalue weighted by Gasteiger charge is 2.23. The highest BCUT2D eigenvalue weighted by Crippen LogP contribution is 2.29. The van der Waals surface area contributed by atoms with Crippen molar-refractivity contribution in [1.82, 2.24) is 9.97 Å². The van der Waals surface area contributed by atoms with E-state index in [1.807, 2.05) is 24.0 Å². The van der Waals surface area contributed by atoms with Crippen molar-refractivity contribution in [3.8, 4) is 0 Å². The maximum Gasteiger partial charge on any atom is 0.224 e. The summed E-state index contributed by atoms with van der Waals surface area (Å²) < 4.78 is 0. The van der Waals surface area contributed by atoms with Gasteiger partial charge in [-0.1, -0.05) is 6.92 Å². The molecule has 0 aromatic carbocycles. The topological polar surface area (TPSA) is 49.8 Å². The van der Waals surface area contributed by atoms with Gasteiger partial charge in [-0.3, -0.25) is 0 Å². The molecule has 2 rings (SSSR count). The van der Waals surface area contributed by atoms with Crippen LogP contribution in [0, 0.1) is 0 Å². The highest BCUT2D eigenvalue weighted by atomic mass is 32.2. The number of hydrogen-bond acceptors (Lipinski definition) is 5. The highest BCUT2D eigenvalue weighted by molar-refractivity contribution is 7.99. The van der Waals surface area contributed by atoms with E-state index in [9.17, 15) is 0 Å². The summed E-state index contributed by atoms with van der Waals surface area (Å²) in [5, 5.41) is 7.54. The smallest absolute Gasteiger partial charge is 0.224 e. The van der Waals surface area contributed by atoms with Crippen molar-refractivity contribution in [3.63, 3.8) is 0 Å². The molecule has 0 spiro atoms. The predicted octanol–water partition coefficient (Wildman–Crippen LogP) is 2.99. The zero-order valence-electron chi connectivity index (χ0n) is 11.1. The summed E-state index contributed by atoms with van der Waals surface area (Å²) in [7, 11) is 0. The maximum absolute atomic E-state index is 4.48. The molecule has 0 saturated heterocycles. The Morgan fingerprint density at radius 3 is 3.06 bits per heavy atom. The van der Waals surface area contributed by atoms with Gasteiger partial charge in [-0.15, -0.1) is 0 Å². The van der Waals surface area contributed by atoms with Gasteiger partial charge >= 0.3 is 0 Å². The van der Waals surface area contributed by atoms with Gasteiger partial charge in [-0.25, -0.2) is 4.98 Å². The molecule has 1 aliphatic carbocycles. The van der Waals surface area contributed by atoms with E-state index in [0.717, 1.165) is 30.0 Å². The maximum atomic E-state index is 4.48. The molecular formula is C13H22N4S. The lowest BCUT2D eigenvalue weighted by Crippen LogP contribution is -2.17. The molecule has 5 heteroatoms. The second kappa shape index (κ2) is 6.83. The Labute approximate surface area is 113 Å². The fraction of sp³-hybridized carbons (Fsp3) is 0.692. The number of nitrogens with zero attached hydrogens (tertiary/aromatic N) is 2. The lowest BCUT2D eigenvalue weighted by molar-refractivity contribution is 0.751. The minimum Gasteiger partial charge on any atom is -0.367 e. The van der Waals surface area contributed by atoms with Crippen molar-refractivity contribution in [1.29, 1.82) is 0 Å². The van der Waals surface area contributed by atoms with Gasteiger partial charge in [0.15, 0.2) is 0 Å². The van der Waals surface area contributed by atoms with Gasteiger partial charge in [-0.2, -0.15) is 16.7 Å². The van der Waals surface area contributed by atoms with Gasteiger partial charge < -0.3 is 10.6 Å². The number of aromatic nitrogens is 2. The molecule has 18 heavy (non-hydrogen) atoms. The third kappa shape index (κ3) is 3.77. The first kappa shape index (κ1) is 13.5. The van der Waals surface area contributed by atoms with E-state index in [1.165, 1.54) is 19.3 Å². The molecule has 0 aliphatic heterocycles. The van der Waals surface area contributed by atoms with Crippen molar-refractivity contribution in [2.75, 3.05) is 23.4 Å². The van der Waals surface area contributed by atoms with Crippen LogP contribution in [-0.4, -0.2) is 34.1 Å². The third-order valence-electron chi connectivity index (χ3n) is 3.26. The van der Waals surface area contributed by atoms with Crippen LogP contribution in [0.1, 0.15) is 32.6 Å². The van der Waals surface area contributed by atoms with Crippen molar-refractivity contribution < 1.29 is 0 Å². The van der Waals surface area contributed by atoms with Gasteiger partial charge in [0.1, 0.15) is 5.82 Å². The molecule has 4 nitrogen and oxygen atoms in total. The average molecular weight is 266 g/mol. The largest absolute Gasteiger partial charge is 0.367 e. The van der Waals surface area contributed by atoms with E-state index in [4.69, 9.17) is 0 Å². The molecule has 1 aromatic rings. The Hall–Kier alpha value is -0.970. The standard InChI is InChI=1S/C13H22N4S/c1-3-7-14-13-15-8-6-12(17-13)16-10-4-5-11(9-10)18-2/h6,8,10-11H,3-5,7,9H2,1-2H3,(H2,14,15,16,17). The fourth-order valence-electron chi connectivity index (χ4n) is 2.26. The molecule has 1 saturated carbocycles. The number of nitrogens with one attached hydrogen (secondary N) is 2. The first-order valence-corrected chi connectivity index (χ1v) is 7.97.